The van der Waals surface area contributed by atoms with Crippen molar-refractivity contribution in [1.29, 1.82) is 0 Å². The molecule has 4 heteroatoms. The van der Waals surface area contributed by atoms with E-state index in [-0.39, 0.29) is 12.5 Å². The number of sulfone groups is 1. The van der Waals surface area contributed by atoms with Gasteiger partial charge in [0.2, 0.25) is 0 Å². The number of terminal acetylenes is 1. The molecule has 1 saturated carbocycles. The molecule has 1 aromatic carbocycles. The predicted octanol–water partition coefficient (Wildman–Crippen LogP) is 4.34. The minimum absolute atomic E-state index is 0. The third kappa shape index (κ3) is 5.46. The molecule has 0 spiro atoms. The highest BCUT2D eigenvalue weighted by atomic mass is 32.2. The Morgan fingerprint density at radius 2 is 1.91 bits per heavy atom. The molecule has 124 valence electrons. The van der Waals surface area contributed by atoms with Crippen LogP contribution in [0.15, 0.2) is 18.2 Å². The predicted molar refractivity (Wildman–Crippen MR) is 92.1 cm³/mol. The summed E-state index contributed by atoms with van der Waals surface area (Å²) in [5.74, 6) is 3.35. The molecule has 0 radical (unpaired) electrons. The summed E-state index contributed by atoms with van der Waals surface area (Å²) in [6.07, 6.45) is 10.1. The second kappa shape index (κ2) is 7.78. The van der Waals surface area contributed by atoms with Crippen molar-refractivity contribution in [3.8, 4) is 12.3 Å². The van der Waals surface area contributed by atoms with Crippen molar-refractivity contribution in [3.05, 3.63) is 35.1 Å². The zero-order valence-electron chi connectivity index (χ0n) is 13.8. The van der Waals surface area contributed by atoms with Gasteiger partial charge in [-0.1, -0.05) is 12.5 Å². The van der Waals surface area contributed by atoms with Gasteiger partial charge in [0.05, 0.1) is 5.25 Å². The molecular weight excluding hydrogens is 299 g/mol. The van der Waals surface area contributed by atoms with E-state index in [4.69, 9.17) is 6.42 Å². The molecule has 1 fully saturated rings. The summed E-state index contributed by atoms with van der Waals surface area (Å²) in [6, 6.07) is 5.25. The van der Waals surface area contributed by atoms with Gasteiger partial charge in [-0.25, -0.2) is 12.8 Å². The number of aryl methyl sites for hydroxylation is 1. The van der Waals surface area contributed by atoms with Gasteiger partial charge in [0.15, 0.2) is 0 Å². The highest BCUT2D eigenvalue weighted by Crippen LogP contribution is 2.39. The quantitative estimate of drug-likeness (QED) is 0.758. The van der Waals surface area contributed by atoms with E-state index >= 15 is 0 Å². The van der Waals surface area contributed by atoms with Crippen molar-refractivity contribution < 1.29 is 14.2 Å². The number of rotatable bonds is 2. The van der Waals surface area contributed by atoms with E-state index in [2.05, 4.69) is 12.0 Å². The minimum atomic E-state index is -2.74. The zero-order valence-corrected chi connectivity index (χ0v) is 14.6. The van der Waals surface area contributed by atoms with Gasteiger partial charge in [0, 0.05) is 13.6 Å². The summed E-state index contributed by atoms with van der Waals surface area (Å²) in [4.78, 5) is 0. The fraction of sp³-hybridized carbons (Fsp3) is 0.556. The number of hydrogen-bond acceptors (Lipinski definition) is 2. The average molecular weight is 326 g/mol. The molecular formula is C18H27FO2S. The topological polar surface area (TPSA) is 34.1 Å². The first kappa shape index (κ1) is 18.7. The van der Waals surface area contributed by atoms with Crippen molar-refractivity contribution in [2.24, 2.45) is 5.92 Å². The van der Waals surface area contributed by atoms with Gasteiger partial charge >= 0.3 is 0 Å². The highest BCUT2D eigenvalue weighted by molar-refractivity contribution is 7.91. The molecule has 0 saturated heterocycles. The molecule has 1 aromatic rings. The Morgan fingerprint density at radius 3 is 2.36 bits per heavy atom. The molecule has 1 aliphatic carbocycles. The molecule has 0 aromatic heterocycles. The van der Waals surface area contributed by atoms with Gasteiger partial charge in [0.1, 0.15) is 15.7 Å². The Kier molecular flexibility index (Phi) is 6.62. The molecule has 0 heterocycles. The molecule has 22 heavy (non-hydrogen) atoms. The lowest BCUT2D eigenvalue weighted by molar-refractivity contribution is 0.590. The minimum Gasteiger partial charge on any atom is -0.229 e. The van der Waals surface area contributed by atoms with Crippen molar-refractivity contribution >= 4 is 9.84 Å². The molecule has 0 bridgehead atoms. The molecule has 0 amide bonds. The second-order valence-electron chi connectivity index (χ2n) is 6.25. The fourth-order valence-corrected chi connectivity index (χ4v) is 2.54. The van der Waals surface area contributed by atoms with E-state index < -0.39 is 9.84 Å². The third-order valence-corrected chi connectivity index (χ3v) is 5.79. The Labute approximate surface area is 135 Å². The Bertz CT molecular complexity index is 627. The van der Waals surface area contributed by atoms with Crippen LogP contribution in [0.2, 0.25) is 0 Å². The van der Waals surface area contributed by atoms with E-state index in [9.17, 15) is 12.8 Å². The van der Waals surface area contributed by atoms with Gasteiger partial charge in [-0.15, -0.1) is 12.3 Å². The van der Waals surface area contributed by atoms with E-state index in [1.165, 1.54) is 6.26 Å². The maximum atomic E-state index is 13.3. The summed E-state index contributed by atoms with van der Waals surface area (Å²) in [5.41, 5.74) is 2.06. The molecule has 1 unspecified atom stereocenters. The Balaban J connectivity index is 0.000000522. The molecule has 2 rings (SSSR count). The van der Waals surface area contributed by atoms with Crippen LogP contribution in [0.5, 0.6) is 0 Å². The van der Waals surface area contributed by atoms with Crippen molar-refractivity contribution in [3.63, 3.8) is 0 Å². The number of halogens is 1. The normalized spacial score (nSPS) is 21.1. The highest BCUT2D eigenvalue weighted by Gasteiger charge is 2.27. The summed E-state index contributed by atoms with van der Waals surface area (Å²) < 4.78 is 33.9. The van der Waals surface area contributed by atoms with E-state index in [1.54, 1.807) is 26.0 Å². The summed E-state index contributed by atoms with van der Waals surface area (Å²) in [7, 11) is -2.74. The van der Waals surface area contributed by atoms with Crippen molar-refractivity contribution in [1.82, 2.24) is 0 Å². The van der Waals surface area contributed by atoms with Crippen LogP contribution >= 0.6 is 0 Å². The van der Waals surface area contributed by atoms with Crippen LogP contribution in [0.3, 0.4) is 0 Å². The zero-order chi connectivity index (χ0) is 16.9. The van der Waals surface area contributed by atoms with Gasteiger partial charge in [-0.2, -0.15) is 0 Å². The number of benzene rings is 1. The Hall–Kier alpha value is -1.34. The summed E-state index contributed by atoms with van der Waals surface area (Å²) >= 11 is 0. The molecule has 1 aliphatic rings. The first-order valence-electron chi connectivity index (χ1n) is 7.57. The molecule has 0 aliphatic heterocycles. The number of hydrogen-bond donors (Lipinski definition) is 0. The third-order valence-electron chi connectivity index (χ3n) is 4.08. The van der Waals surface area contributed by atoms with E-state index in [0.29, 0.717) is 11.8 Å². The molecule has 2 atom stereocenters. The van der Waals surface area contributed by atoms with Crippen LogP contribution < -0.4 is 0 Å². The molecule has 0 N–H and O–H groups in total. The SMILES string of the molecule is C#C[C@@H]1CCCC1c1cc(C)cc(F)c1.CC(C)S(C)(=O)=O.[HH]. The van der Waals surface area contributed by atoms with Gasteiger partial charge in [-0.3, -0.25) is 0 Å². The first-order chi connectivity index (χ1) is 10.1. The van der Waals surface area contributed by atoms with Crippen molar-refractivity contribution in [2.45, 2.75) is 51.2 Å². The van der Waals surface area contributed by atoms with Gasteiger partial charge < -0.3 is 0 Å². The van der Waals surface area contributed by atoms with Crippen LogP contribution in [-0.2, 0) is 9.84 Å². The van der Waals surface area contributed by atoms with Crippen LogP contribution in [0.1, 0.15) is 51.6 Å². The smallest absolute Gasteiger partial charge is 0.149 e. The van der Waals surface area contributed by atoms with Crippen LogP contribution in [0.25, 0.3) is 0 Å². The monoisotopic (exact) mass is 326 g/mol. The van der Waals surface area contributed by atoms with Gasteiger partial charge in [0.25, 0.3) is 0 Å². The first-order valence-corrected chi connectivity index (χ1v) is 9.52. The van der Waals surface area contributed by atoms with Crippen LogP contribution in [0, 0.1) is 31.0 Å². The summed E-state index contributed by atoms with van der Waals surface area (Å²) in [5, 5.41) is -0.229. The Morgan fingerprint density at radius 1 is 1.32 bits per heavy atom. The average Bonchev–Trinajstić information content (AvgIpc) is 2.85. The standard InChI is InChI=1S/C14H15F.C4H10O2S.H2/c1-3-11-5-4-6-14(11)12-7-10(2)8-13(15)9-12;1-4(2)7(3,5)6;/h1,7-9,11,14H,4-6H2,2H3;4H,1-3H3;1H/t11-,14?;;/m1../s1. The van der Waals surface area contributed by atoms with Crippen LogP contribution in [-0.4, -0.2) is 19.9 Å². The second-order valence-corrected chi connectivity index (χ2v) is 8.85. The van der Waals surface area contributed by atoms with Crippen molar-refractivity contribution in [2.75, 3.05) is 6.26 Å². The molecule has 2 nitrogen and oxygen atoms in total. The largest absolute Gasteiger partial charge is 0.229 e. The van der Waals surface area contributed by atoms with E-state index in [0.717, 1.165) is 30.4 Å². The lowest BCUT2D eigenvalue weighted by Crippen LogP contribution is -2.10. The maximum absolute atomic E-state index is 13.3. The van der Waals surface area contributed by atoms with Crippen LogP contribution in [0.4, 0.5) is 4.39 Å². The summed E-state index contributed by atoms with van der Waals surface area (Å²) in [6.45, 7) is 5.25. The lowest BCUT2D eigenvalue weighted by Gasteiger charge is -2.15. The lowest BCUT2D eigenvalue weighted by atomic mass is 9.89. The van der Waals surface area contributed by atoms with Gasteiger partial charge in [-0.05, 0) is 62.8 Å². The fourth-order valence-electron chi connectivity index (χ4n) is 2.54. The van der Waals surface area contributed by atoms with E-state index in [1.807, 2.05) is 6.92 Å². The maximum Gasteiger partial charge on any atom is 0.149 e.